The molecule has 0 aliphatic carbocycles. The van der Waals surface area contributed by atoms with Crippen LogP contribution < -0.4 is 0 Å². The molecule has 2 rings (SSSR count). The fourth-order valence-electron chi connectivity index (χ4n) is 2.26. The summed E-state index contributed by atoms with van der Waals surface area (Å²) in [5, 5.41) is 15.0. The van der Waals surface area contributed by atoms with Gasteiger partial charge in [-0.2, -0.15) is 5.10 Å². The van der Waals surface area contributed by atoms with Crippen LogP contribution in [0.1, 0.15) is 50.8 Å². The van der Waals surface area contributed by atoms with Gasteiger partial charge in [0, 0.05) is 5.56 Å². The van der Waals surface area contributed by atoms with Gasteiger partial charge in [-0.1, -0.05) is 45.4 Å². The molecule has 0 bridgehead atoms. The second-order valence-corrected chi connectivity index (χ2v) is 5.19. The lowest BCUT2D eigenvalue weighted by Gasteiger charge is -2.04. The van der Waals surface area contributed by atoms with E-state index >= 15 is 0 Å². The lowest BCUT2D eigenvalue weighted by Crippen LogP contribution is -1.97. The van der Waals surface area contributed by atoms with Crippen LogP contribution in [0.4, 0.5) is 0 Å². The number of hydrogen-bond donors (Lipinski definition) is 1. The molecule has 102 valence electrons. The standard InChI is InChI=1S/C16H22N2O/c1-4-5-11-14-15(12(2)3)17-18(16(14)19)13-9-7-6-8-10-13/h6-10,12,19H,4-5,11H2,1-3H3. The molecule has 2 aromatic rings. The Hall–Kier alpha value is -1.77. The van der Waals surface area contributed by atoms with Crippen molar-refractivity contribution in [2.75, 3.05) is 0 Å². The molecule has 0 atom stereocenters. The zero-order valence-electron chi connectivity index (χ0n) is 11.9. The van der Waals surface area contributed by atoms with Gasteiger partial charge in [-0.25, -0.2) is 4.68 Å². The maximum absolute atomic E-state index is 10.4. The summed E-state index contributed by atoms with van der Waals surface area (Å²) < 4.78 is 1.65. The molecule has 0 radical (unpaired) electrons. The molecule has 1 N–H and O–H groups in total. The lowest BCUT2D eigenvalue weighted by atomic mass is 10.0. The van der Waals surface area contributed by atoms with Gasteiger partial charge >= 0.3 is 0 Å². The highest BCUT2D eigenvalue weighted by atomic mass is 16.3. The number of nitrogens with zero attached hydrogens (tertiary/aromatic N) is 2. The monoisotopic (exact) mass is 258 g/mol. The molecule has 19 heavy (non-hydrogen) atoms. The largest absolute Gasteiger partial charge is 0.493 e. The van der Waals surface area contributed by atoms with E-state index in [1.807, 2.05) is 30.3 Å². The number of rotatable bonds is 5. The summed E-state index contributed by atoms with van der Waals surface area (Å²) in [5.74, 6) is 0.617. The smallest absolute Gasteiger partial charge is 0.217 e. The Bertz CT molecular complexity index is 529. The van der Waals surface area contributed by atoms with E-state index in [0.29, 0.717) is 11.8 Å². The first kappa shape index (κ1) is 13.7. The van der Waals surface area contributed by atoms with Crippen LogP contribution in [-0.4, -0.2) is 14.9 Å². The maximum Gasteiger partial charge on any atom is 0.217 e. The fraction of sp³-hybridized carbons (Fsp3) is 0.438. The van der Waals surface area contributed by atoms with Crippen molar-refractivity contribution in [3.8, 4) is 11.6 Å². The van der Waals surface area contributed by atoms with Crippen LogP contribution in [0.5, 0.6) is 5.88 Å². The Balaban J connectivity index is 2.46. The number of aromatic hydroxyl groups is 1. The normalized spacial score (nSPS) is 11.2. The van der Waals surface area contributed by atoms with Gasteiger partial charge in [-0.05, 0) is 30.9 Å². The van der Waals surface area contributed by atoms with Crippen LogP contribution in [0.2, 0.25) is 0 Å². The maximum atomic E-state index is 10.4. The van der Waals surface area contributed by atoms with Crippen molar-refractivity contribution >= 4 is 0 Å². The predicted molar refractivity (Wildman–Crippen MR) is 77.9 cm³/mol. The van der Waals surface area contributed by atoms with Crippen molar-refractivity contribution in [1.29, 1.82) is 0 Å². The summed E-state index contributed by atoms with van der Waals surface area (Å²) in [4.78, 5) is 0. The molecule has 0 spiro atoms. The molecule has 0 aliphatic heterocycles. The Labute approximate surface area is 114 Å². The first-order valence-corrected chi connectivity index (χ1v) is 7.01. The molecular weight excluding hydrogens is 236 g/mol. The van der Waals surface area contributed by atoms with E-state index in [0.717, 1.165) is 36.2 Å². The van der Waals surface area contributed by atoms with Gasteiger partial charge in [-0.3, -0.25) is 0 Å². The van der Waals surface area contributed by atoms with Crippen molar-refractivity contribution in [2.45, 2.75) is 46.0 Å². The number of unbranched alkanes of at least 4 members (excludes halogenated alkanes) is 1. The Morgan fingerprint density at radius 2 is 1.89 bits per heavy atom. The van der Waals surface area contributed by atoms with Crippen LogP contribution >= 0.6 is 0 Å². The van der Waals surface area contributed by atoms with Crippen molar-refractivity contribution in [1.82, 2.24) is 9.78 Å². The molecule has 1 aromatic heterocycles. The summed E-state index contributed by atoms with van der Waals surface area (Å²) in [5.41, 5.74) is 2.92. The predicted octanol–water partition coefficient (Wildman–Crippen LogP) is 4.04. The average Bonchev–Trinajstić information content (AvgIpc) is 2.75. The third kappa shape index (κ3) is 2.80. The van der Waals surface area contributed by atoms with E-state index < -0.39 is 0 Å². The van der Waals surface area contributed by atoms with Gasteiger partial charge in [-0.15, -0.1) is 0 Å². The van der Waals surface area contributed by atoms with E-state index in [9.17, 15) is 5.11 Å². The minimum absolute atomic E-state index is 0.295. The van der Waals surface area contributed by atoms with Gasteiger partial charge in [0.25, 0.3) is 0 Å². The summed E-state index contributed by atoms with van der Waals surface area (Å²) in [6, 6.07) is 9.79. The van der Waals surface area contributed by atoms with Gasteiger partial charge in [0.1, 0.15) is 0 Å². The van der Waals surface area contributed by atoms with Crippen molar-refractivity contribution in [3.63, 3.8) is 0 Å². The van der Waals surface area contributed by atoms with E-state index in [-0.39, 0.29) is 0 Å². The zero-order chi connectivity index (χ0) is 13.8. The molecule has 1 heterocycles. The Morgan fingerprint density at radius 1 is 1.21 bits per heavy atom. The number of aromatic nitrogens is 2. The second-order valence-electron chi connectivity index (χ2n) is 5.19. The molecule has 1 aromatic carbocycles. The van der Waals surface area contributed by atoms with E-state index in [4.69, 9.17) is 0 Å². The highest BCUT2D eigenvalue weighted by Gasteiger charge is 2.19. The van der Waals surface area contributed by atoms with E-state index in [1.165, 1.54) is 0 Å². The molecule has 0 saturated heterocycles. The highest BCUT2D eigenvalue weighted by molar-refractivity contribution is 5.41. The van der Waals surface area contributed by atoms with Crippen LogP contribution in [0, 0.1) is 0 Å². The molecule has 0 fully saturated rings. The van der Waals surface area contributed by atoms with Crippen molar-refractivity contribution in [3.05, 3.63) is 41.6 Å². The minimum Gasteiger partial charge on any atom is -0.493 e. The fourth-order valence-corrected chi connectivity index (χ4v) is 2.26. The topological polar surface area (TPSA) is 38.0 Å². The SMILES string of the molecule is CCCCc1c(C(C)C)nn(-c2ccccc2)c1O. The molecule has 0 saturated carbocycles. The zero-order valence-corrected chi connectivity index (χ0v) is 11.9. The van der Waals surface area contributed by atoms with Crippen LogP contribution in [0.3, 0.4) is 0 Å². The van der Waals surface area contributed by atoms with Crippen LogP contribution in [-0.2, 0) is 6.42 Å². The number of benzene rings is 1. The molecular formula is C16H22N2O. The minimum atomic E-state index is 0.295. The average molecular weight is 258 g/mol. The van der Waals surface area contributed by atoms with Gasteiger partial charge in [0.05, 0.1) is 11.4 Å². The van der Waals surface area contributed by atoms with Crippen LogP contribution in [0.15, 0.2) is 30.3 Å². The summed E-state index contributed by atoms with van der Waals surface area (Å²) in [6.45, 7) is 6.40. The summed E-state index contributed by atoms with van der Waals surface area (Å²) >= 11 is 0. The Morgan fingerprint density at radius 3 is 2.47 bits per heavy atom. The second kappa shape index (κ2) is 5.91. The molecule has 0 amide bonds. The van der Waals surface area contributed by atoms with Gasteiger partial charge < -0.3 is 5.11 Å². The number of para-hydroxylation sites is 1. The van der Waals surface area contributed by atoms with Crippen molar-refractivity contribution < 1.29 is 5.11 Å². The summed E-state index contributed by atoms with van der Waals surface area (Å²) in [6.07, 6.45) is 3.09. The van der Waals surface area contributed by atoms with E-state index in [1.54, 1.807) is 4.68 Å². The first-order chi connectivity index (χ1) is 9.15. The highest BCUT2D eigenvalue weighted by Crippen LogP contribution is 2.30. The first-order valence-electron chi connectivity index (χ1n) is 7.01. The Kier molecular flexibility index (Phi) is 4.25. The van der Waals surface area contributed by atoms with Gasteiger partial charge in [0.15, 0.2) is 0 Å². The van der Waals surface area contributed by atoms with Crippen LogP contribution in [0.25, 0.3) is 5.69 Å². The summed E-state index contributed by atoms with van der Waals surface area (Å²) in [7, 11) is 0. The van der Waals surface area contributed by atoms with Crippen molar-refractivity contribution in [2.24, 2.45) is 0 Å². The third-order valence-electron chi connectivity index (χ3n) is 3.32. The molecule has 3 heteroatoms. The van der Waals surface area contributed by atoms with E-state index in [2.05, 4.69) is 25.9 Å². The molecule has 0 unspecified atom stereocenters. The molecule has 0 aliphatic rings. The van der Waals surface area contributed by atoms with Gasteiger partial charge in [0.2, 0.25) is 5.88 Å². The quantitative estimate of drug-likeness (QED) is 0.878. The molecule has 3 nitrogen and oxygen atoms in total. The lowest BCUT2D eigenvalue weighted by molar-refractivity contribution is 0.427. The number of hydrogen-bond acceptors (Lipinski definition) is 2. The third-order valence-corrected chi connectivity index (χ3v) is 3.32.